The molecule has 0 aliphatic carbocycles. The van der Waals surface area contributed by atoms with E-state index in [1.165, 1.54) is 7.11 Å². The third-order valence-electron chi connectivity index (χ3n) is 2.17. The molecule has 0 radical (unpaired) electrons. The summed E-state index contributed by atoms with van der Waals surface area (Å²) < 4.78 is 10.1. The van der Waals surface area contributed by atoms with Gasteiger partial charge >= 0.3 is 5.63 Å². The minimum atomic E-state index is -0.579. The maximum atomic E-state index is 11.3. The van der Waals surface area contributed by atoms with Gasteiger partial charge in [0, 0.05) is 0 Å². The standard InChI is InChI=1S/C11H9ClO3/c1-6-3-4-8-7(5-6)10(14-2)9(12)11(13)15-8/h3-5H,1-2H3. The first kappa shape index (κ1) is 10.1. The number of halogens is 1. The number of hydrogen-bond acceptors (Lipinski definition) is 3. The van der Waals surface area contributed by atoms with Crippen LogP contribution in [-0.4, -0.2) is 7.11 Å². The third kappa shape index (κ3) is 1.59. The molecule has 0 spiro atoms. The molecule has 0 amide bonds. The van der Waals surface area contributed by atoms with Crippen LogP contribution in [0.4, 0.5) is 0 Å². The Labute approximate surface area is 91.2 Å². The Kier molecular flexibility index (Phi) is 2.40. The second kappa shape index (κ2) is 3.59. The summed E-state index contributed by atoms with van der Waals surface area (Å²) in [7, 11) is 1.47. The fraction of sp³-hybridized carbons (Fsp3) is 0.182. The molecule has 0 bridgehead atoms. The number of methoxy groups -OCH3 is 1. The monoisotopic (exact) mass is 224 g/mol. The first-order valence-electron chi connectivity index (χ1n) is 4.40. The molecule has 0 N–H and O–H groups in total. The van der Waals surface area contributed by atoms with Gasteiger partial charge < -0.3 is 9.15 Å². The molecule has 4 heteroatoms. The lowest BCUT2D eigenvalue weighted by Gasteiger charge is -2.06. The van der Waals surface area contributed by atoms with E-state index in [-0.39, 0.29) is 5.02 Å². The van der Waals surface area contributed by atoms with E-state index < -0.39 is 5.63 Å². The van der Waals surface area contributed by atoms with Crippen LogP contribution in [-0.2, 0) is 0 Å². The van der Waals surface area contributed by atoms with Gasteiger partial charge in [-0.25, -0.2) is 4.79 Å². The largest absolute Gasteiger partial charge is 0.494 e. The van der Waals surface area contributed by atoms with Gasteiger partial charge in [-0.3, -0.25) is 0 Å². The molecule has 0 aliphatic rings. The van der Waals surface area contributed by atoms with Crippen molar-refractivity contribution in [3.63, 3.8) is 0 Å². The molecule has 0 fully saturated rings. The van der Waals surface area contributed by atoms with Gasteiger partial charge in [0.25, 0.3) is 0 Å². The lowest BCUT2D eigenvalue weighted by Crippen LogP contribution is -2.02. The summed E-state index contributed by atoms with van der Waals surface area (Å²) in [4.78, 5) is 11.3. The Bertz CT molecular complexity index is 572. The average Bonchev–Trinajstić information content (AvgIpc) is 2.21. The van der Waals surface area contributed by atoms with Crippen LogP contribution in [0, 0.1) is 6.92 Å². The zero-order chi connectivity index (χ0) is 11.0. The average molecular weight is 225 g/mol. The molecule has 0 atom stereocenters. The van der Waals surface area contributed by atoms with Crippen molar-refractivity contribution in [3.05, 3.63) is 39.2 Å². The fourth-order valence-electron chi connectivity index (χ4n) is 1.47. The second-order valence-corrected chi connectivity index (χ2v) is 3.61. The molecule has 1 heterocycles. The number of aryl methyl sites for hydroxylation is 1. The third-order valence-corrected chi connectivity index (χ3v) is 2.49. The molecular formula is C11H9ClO3. The Balaban J connectivity index is 2.95. The van der Waals surface area contributed by atoms with Crippen LogP contribution in [0.5, 0.6) is 5.75 Å². The van der Waals surface area contributed by atoms with Crippen molar-refractivity contribution in [2.75, 3.05) is 7.11 Å². The molecule has 1 aromatic carbocycles. The van der Waals surface area contributed by atoms with Gasteiger partial charge in [-0.2, -0.15) is 0 Å². The zero-order valence-electron chi connectivity index (χ0n) is 8.33. The Morgan fingerprint density at radius 2 is 2.13 bits per heavy atom. The van der Waals surface area contributed by atoms with Crippen molar-refractivity contribution in [2.24, 2.45) is 0 Å². The molecule has 78 valence electrons. The molecule has 0 saturated carbocycles. The molecule has 1 aromatic heterocycles. The maximum absolute atomic E-state index is 11.3. The molecular weight excluding hydrogens is 216 g/mol. The molecule has 0 aliphatic heterocycles. The summed E-state index contributed by atoms with van der Waals surface area (Å²) in [6.07, 6.45) is 0. The van der Waals surface area contributed by atoms with Crippen LogP contribution in [0.25, 0.3) is 11.0 Å². The van der Waals surface area contributed by atoms with Gasteiger partial charge in [0.2, 0.25) is 0 Å². The predicted octanol–water partition coefficient (Wildman–Crippen LogP) is 2.76. The van der Waals surface area contributed by atoms with E-state index >= 15 is 0 Å². The number of hydrogen-bond donors (Lipinski definition) is 0. The minimum absolute atomic E-state index is 0.0180. The van der Waals surface area contributed by atoms with Gasteiger partial charge in [0.1, 0.15) is 5.58 Å². The highest BCUT2D eigenvalue weighted by atomic mass is 35.5. The first-order chi connectivity index (χ1) is 7.13. The molecule has 3 nitrogen and oxygen atoms in total. The normalized spacial score (nSPS) is 10.6. The lowest BCUT2D eigenvalue weighted by atomic mass is 10.1. The van der Waals surface area contributed by atoms with Crippen molar-refractivity contribution in [2.45, 2.75) is 6.92 Å². The number of benzene rings is 1. The van der Waals surface area contributed by atoms with Gasteiger partial charge in [0.15, 0.2) is 10.8 Å². The van der Waals surface area contributed by atoms with Gasteiger partial charge in [-0.05, 0) is 19.1 Å². The highest BCUT2D eigenvalue weighted by molar-refractivity contribution is 6.32. The summed E-state index contributed by atoms with van der Waals surface area (Å²) in [5, 5.41) is 0.692. The lowest BCUT2D eigenvalue weighted by molar-refractivity contribution is 0.413. The van der Waals surface area contributed by atoms with Crippen LogP contribution >= 0.6 is 11.6 Å². The Morgan fingerprint density at radius 1 is 1.40 bits per heavy atom. The fourth-order valence-corrected chi connectivity index (χ4v) is 1.68. The van der Waals surface area contributed by atoms with Gasteiger partial charge in [-0.1, -0.05) is 23.2 Å². The molecule has 0 unspecified atom stereocenters. The van der Waals surface area contributed by atoms with Crippen molar-refractivity contribution in [3.8, 4) is 5.75 Å². The summed E-state index contributed by atoms with van der Waals surface area (Å²) >= 11 is 5.79. The van der Waals surface area contributed by atoms with E-state index in [1.54, 1.807) is 6.07 Å². The second-order valence-electron chi connectivity index (χ2n) is 3.24. The zero-order valence-corrected chi connectivity index (χ0v) is 9.09. The number of rotatable bonds is 1. The smallest absolute Gasteiger partial charge is 0.359 e. The number of fused-ring (bicyclic) bond motifs is 1. The van der Waals surface area contributed by atoms with Crippen LogP contribution in [0.3, 0.4) is 0 Å². The van der Waals surface area contributed by atoms with E-state index in [2.05, 4.69) is 0 Å². The van der Waals surface area contributed by atoms with E-state index in [0.717, 1.165) is 5.56 Å². The topological polar surface area (TPSA) is 39.4 Å². The van der Waals surface area contributed by atoms with E-state index in [0.29, 0.717) is 16.7 Å². The van der Waals surface area contributed by atoms with Crippen molar-refractivity contribution >= 4 is 22.6 Å². The van der Waals surface area contributed by atoms with Crippen LogP contribution in [0.2, 0.25) is 5.02 Å². The highest BCUT2D eigenvalue weighted by Gasteiger charge is 2.12. The van der Waals surface area contributed by atoms with Crippen molar-refractivity contribution in [1.29, 1.82) is 0 Å². The molecule has 0 saturated heterocycles. The summed E-state index contributed by atoms with van der Waals surface area (Å²) in [6.45, 7) is 1.94. The number of ether oxygens (including phenoxy) is 1. The Hall–Kier alpha value is -1.48. The van der Waals surface area contributed by atoms with Crippen molar-refractivity contribution in [1.82, 2.24) is 0 Å². The SMILES string of the molecule is COc1c(Cl)c(=O)oc2ccc(C)cc12. The quantitative estimate of drug-likeness (QED) is 0.700. The van der Waals surface area contributed by atoms with Crippen LogP contribution in [0.1, 0.15) is 5.56 Å². The Morgan fingerprint density at radius 3 is 2.80 bits per heavy atom. The van der Waals surface area contributed by atoms with Crippen LogP contribution < -0.4 is 10.4 Å². The van der Waals surface area contributed by atoms with Crippen LogP contribution in [0.15, 0.2) is 27.4 Å². The molecule has 2 rings (SSSR count). The minimum Gasteiger partial charge on any atom is -0.494 e. The highest BCUT2D eigenvalue weighted by Crippen LogP contribution is 2.30. The molecule has 15 heavy (non-hydrogen) atoms. The molecule has 2 aromatic rings. The predicted molar refractivity (Wildman–Crippen MR) is 58.8 cm³/mol. The maximum Gasteiger partial charge on any atom is 0.359 e. The van der Waals surface area contributed by atoms with Gasteiger partial charge in [-0.15, -0.1) is 0 Å². The summed E-state index contributed by atoms with van der Waals surface area (Å²) in [6, 6.07) is 5.45. The summed E-state index contributed by atoms with van der Waals surface area (Å²) in [5.41, 5.74) is 0.947. The summed E-state index contributed by atoms with van der Waals surface area (Å²) in [5.74, 6) is 0.367. The van der Waals surface area contributed by atoms with E-state index in [4.69, 9.17) is 20.8 Å². The van der Waals surface area contributed by atoms with Crippen molar-refractivity contribution < 1.29 is 9.15 Å². The van der Waals surface area contributed by atoms with Gasteiger partial charge in [0.05, 0.1) is 12.5 Å². The first-order valence-corrected chi connectivity index (χ1v) is 4.78. The van der Waals surface area contributed by atoms with E-state index in [1.807, 2.05) is 19.1 Å². The van der Waals surface area contributed by atoms with E-state index in [9.17, 15) is 4.79 Å².